The van der Waals surface area contributed by atoms with Crippen molar-refractivity contribution in [1.82, 2.24) is 39.7 Å². The molecule has 1 saturated heterocycles. The van der Waals surface area contributed by atoms with Gasteiger partial charge < -0.3 is 19.7 Å². The van der Waals surface area contributed by atoms with E-state index < -0.39 is 5.60 Å². The normalized spacial score (nSPS) is 18.1. The highest BCUT2D eigenvalue weighted by Crippen LogP contribution is 2.31. The van der Waals surface area contributed by atoms with Crippen LogP contribution in [0.25, 0.3) is 39.1 Å². The number of carbonyl (C=O) groups excluding carboxylic acids is 2. The second-order valence-electron chi connectivity index (χ2n) is 12.4. The molecular formula is C36H39N9O4. The van der Waals surface area contributed by atoms with Gasteiger partial charge in [-0.2, -0.15) is 10.2 Å². The van der Waals surface area contributed by atoms with Crippen LogP contribution in [0.1, 0.15) is 25.3 Å². The predicted octanol–water partition coefficient (Wildman–Crippen LogP) is 4.16. The maximum absolute atomic E-state index is 13.7. The van der Waals surface area contributed by atoms with E-state index in [-0.39, 0.29) is 18.4 Å². The van der Waals surface area contributed by atoms with E-state index in [9.17, 15) is 9.59 Å². The monoisotopic (exact) mass is 661 g/mol. The van der Waals surface area contributed by atoms with Gasteiger partial charge >= 0.3 is 0 Å². The summed E-state index contributed by atoms with van der Waals surface area (Å²) in [5, 5.41) is 15.8. The van der Waals surface area contributed by atoms with Gasteiger partial charge in [-0.1, -0.05) is 30.3 Å². The van der Waals surface area contributed by atoms with E-state index in [0.717, 1.165) is 39.7 Å². The average molecular weight is 662 g/mol. The van der Waals surface area contributed by atoms with Crippen molar-refractivity contribution in [3.05, 3.63) is 78.8 Å². The lowest BCUT2D eigenvalue weighted by Gasteiger charge is -2.30. The summed E-state index contributed by atoms with van der Waals surface area (Å²) in [6.07, 6.45) is 6.79. The number of amides is 2. The summed E-state index contributed by atoms with van der Waals surface area (Å²) in [6, 6.07) is 17.6. The number of methoxy groups -OCH3 is 1. The molecule has 2 N–H and O–H groups in total. The Bertz CT molecular complexity index is 2000. The van der Waals surface area contributed by atoms with Crippen molar-refractivity contribution in [2.75, 3.05) is 51.8 Å². The molecular weight excluding hydrogens is 622 g/mol. The molecule has 7 rings (SSSR count). The Kier molecular flexibility index (Phi) is 8.93. The summed E-state index contributed by atoms with van der Waals surface area (Å²) in [6.45, 7) is 4.78. The summed E-state index contributed by atoms with van der Waals surface area (Å²) in [7, 11) is 3.40. The number of hydrogen-bond acceptors (Lipinski definition) is 9. The quantitative estimate of drug-likeness (QED) is 0.226. The number of nitrogens with one attached hydrogen (secondary N) is 2. The minimum atomic E-state index is -1.07. The molecule has 49 heavy (non-hydrogen) atoms. The van der Waals surface area contributed by atoms with Gasteiger partial charge in [0.25, 0.3) is 5.91 Å². The summed E-state index contributed by atoms with van der Waals surface area (Å²) < 4.78 is 13.0. The van der Waals surface area contributed by atoms with Crippen molar-refractivity contribution in [3.8, 4) is 28.5 Å². The molecule has 0 spiro atoms. The number of H-pyrrole nitrogens is 1. The van der Waals surface area contributed by atoms with Crippen molar-refractivity contribution >= 4 is 34.0 Å². The third-order valence-electron chi connectivity index (χ3n) is 9.27. The van der Waals surface area contributed by atoms with Crippen LogP contribution in [0.4, 0.5) is 5.69 Å². The van der Waals surface area contributed by atoms with Crippen LogP contribution < -0.4 is 10.1 Å². The van der Waals surface area contributed by atoms with Gasteiger partial charge in [-0.25, -0.2) is 9.97 Å². The van der Waals surface area contributed by atoms with Crippen LogP contribution in [-0.4, -0.2) is 104 Å². The van der Waals surface area contributed by atoms with Gasteiger partial charge in [0.2, 0.25) is 11.8 Å². The van der Waals surface area contributed by atoms with E-state index in [2.05, 4.69) is 48.8 Å². The van der Waals surface area contributed by atoms with Crippen LogP contribution in [0.5, 0.6) is 5.88 Å². The molecule has 13 heteroatoms. The molecule has 2 amide bonds. The van der Waals surface area contributed by atoms with E-state index in [4.69, 9.17) is 9.47 Å². The molecule has 13 nitrogen and oxygen atoms in total. The van der Waals surface area contributed by atoms with Gasteiger partial charge in [0, 0.05) is 74.8 Å². The van der Waals surface area contributed by atoms with Crippen LogP contribution in [0, 0.1) is 0 Å². The van der Waals surface area contributed by atoms with Crippen LogP contribution in [-0.2, 0) is 21.4 Å². The van der Waals surface area contributed by atoms with Gasteiger partial charge in [-0.15, -0.1) is 0 Å². The molecule has 252 valence electrons. The van der Waals surface area contributed by atoms with E-state index >= 15 is 0 Å². The Labute approximate surface area is 283 Å². The van der Waals surface area contributed by atoms with E-state index in [1.54, 1.807) is 24.3 Å². The Balaban J connectivity index is 0.956. The van der Waals surface area contributed by atoms with E-state index in [1.165, 1.54) is 5.57 Å². The topological polar surface area (TPSA) is 143 Å². The van der Waals surface area contributed by atoms with Gasteiger partial charge in [0.05, 0.1) is 18.7 Å². The Morgan fingerprint density at radius 1 is 1.02 bits per heavy atom. The predicted molar refractivity (Wildman–Crippen MR) is 186 cm³/mol. The Hall–Kier alpha value is -5.40. The van der Waals surface area contributed by atoms with Crippen LogP contribution in [0.3, 0.4) is 0 Å². The number of pyridine rings is 1. The molecule has 2 aliphatic heterocycles. The maximum atomic E-state index is 13.7. The smallest absolute Gasteiger partial charge is 0.258 e. The van der Waals surface area contributed by atoms with Gasteiger partial charge in [0.1, 0.15) is 12.0 Å². The number of likely N-dealkylation sites (tertiary alicyclic amines) is 1. The van der Waals surface area contributed by atoms with Gasteiger partial charge in [-0.05, 0) is 55.2 Å². The number of rotatable bonds is 10. The lowest BCUT2D eigenvalue weighted by Crippen LogP contribution is -2.48. The first-order valence-corrected chi connectivity index (χ1v) is 16.4. The molecule has 1 unspecified atom stereocenters. The van der Waals surface area contributed by atoms with Crippen LogP contribution >= 0.6 is 0 Å². The zero-order valence-corrected chi connectivity index (χ0v) is 27.8. The molecule has 5 aromatic rings. The highest BCUT2D eigenvalue weighted by Gasteiger charge is 2.45. The SMILES string of the molecule is CCOc1ccc(-c2n[nH]c3ccc(NC(=O)C4(OC)CCN(CC(=O)N5CC=C(c6ccc(-c7ncn(C)n7)cc6)CC5)C4)cc23)cn1. The van der Waals surface area contributed by atoms with Gasteiger partial charge in [-0.3, -0.25) is 24.3 Å². The molecule has 2 aromatic carbocycles. The van der Waals surface area contributed by atoms with Crippen LogP contribution in [0.2, 0.25) is 0 Å². The van der Waals surface area contributed by atoms with Crippen molar-refractivity contribution < 1.29 is 19.1 Å². The summed E-state index contributed by atoms with van der Waals surface area (Å²) in [5.74, 6) is 1.05. The number of carbonyl (C=O) groups is 2. The summed E-state index contributed by atoms with van der Waals surface area (Å²) in [5.41, 5.74) is 5.28. The number of aromatic nitrogens is 6. The number of fused-ring (bicyclic) bond motifs is 1. The number of hydrogen-bond donors (Lipinski definition) is 2. The number of nitrogens with zero attached hydrogens (tertiary/aromatic N) is 7. The second kappa shape index (κ2) is 13.6. The fourth-order valence-electron chi connectivity index (χ4n) is 6.50. The number of anilines is 1. The molecule has 5 heterocycles. The van der Waals surface area contributed by atoms with E-state index in [0.29, 0.717) is 56.6 Å². The Morgan fingerprint density at radius 2 is 1.84 bits per heavy atom. The van der Waals surface area contributed by atoms with Crippen molar-refractivity contribution in [3.63, 3.8) is 0 Å². The van der Waals surface area contributed by atoms with E-state index in [1.807, 2.05) is 66.2 Å². The molecule has 3 aromatic heterocycles. The lowest BCUT2D eigenvalue weighted by molar-refractivity contribution is -0.138. The molecule has 1 atom stereocenters. The number of ether oxygens (including phenoxy) is 2. The fourth-order valence-corrected chi connectivity index (χ4v) is 6.50. The van der Waals surface area contributed by atoms with Crippen molar-refractivity contribution in [1.29, 1.82) is 0 Å². The maximum Gasteiger partial charge on any atom is 0.258 e. The largest absolute Gasteiger partial charge is 0.478 e. The highest BCUT2D eigenvalue weighted by molar-refractivity contribution is 6.01. The first kappa shape index (κ1) is 32.2. The standard InChI is InChI=1S/C36H39N9O4/c1-4-49-31-12-9-27(20-37-31)33-29-19-28(10-11-30(29)40-41-33)39-35(47)36(48-3)15-18-44(22-36)21-32(46)45-16-13-25(14-17-45)24-5-7-26(8-6-24)34-38-23-43(2)42-34/h5-13,19-20,23H,4,14-18,21-22H2,1-3H3,(H,39,47)(H,40,41). The van der Waals surface area contributed by atoms with Crippen LogP contribution in [0.15, 0.2) is 73.2 Å². The number of benzene rings is 2. The zero-order chi connectivity index (χ0) is 34.0. The van der Waals surface area contributed by atoms with Crippen molar-refractivity contribution in [2.45, 2.75) is 25.4 Å². The first-order chi connectivity index (χ1) is 23.8. The average Bonchev–Trinajstić information content (AvgIpc) is 3.88. The minimum absolute atomic E-state index is 0.0425. The number of aromatic amines is 1. The third-order valence-corrected chi connectivity index (χ3v) is 9.27. The first-order valence-electron chi connectivity index (χ1n) is 16.4. The Morgan fingerprint density at radius 3 is 2.53 bits per heavy atom. The molecule has 2 aliphatic rings. The molecule has 0 radical (unpaired) electrons. The third kappa shape index (κ3) is 6.67. The molecule has 0 saturated carbocycles. The lowest BCUT2D eigenvalue weighted by atomic mass is 9.98. The molecule has 1 fully saturated rings. The number of aryl methyl sites for hydroxylation is 1. The van der Waals surface area contributed by atoms with Crippen molar-refractivity contribution in [2.24, 2.45) is 7.05 Å². The molecule has 0 bridgehead atoms. The summed E-state index contributed by atoms with van der Waals surface area (Å²) >= 11 is 0. The summed E-state index contributed by atoms with van der Waals surface area (Å²) in [4.78, 5) is 39.6. The highest BCUT2D eigenvalue weighted by atomic mass is 16.5. The second-order valence-corrected chi connectivity index (χ2v) is 12.4. The fraction of sp³-hybridized carbons (Fsp3) is 0.333. The zero-order valence-electron chi connectivity index (χ0n) is 27.8. The minimum Gasteiger partial charge on any atom is -0.478 e. The molecule has 0 aliphatic carbocycles. The van der Waals surface area contributed by atoms with Gasteiger partial charge in [0.15, 0.2) is 11.4 Å².